The summed E-state index contributed by atoms with van der Waals surface area (Å²) in [5, 5.41) is 11.7. The average Bonchev–Trinajstić information content (AvgIpc) is 2.84. The van der Waals surface area contributed by atoms with Gasteiger partial charge in [-0.15, -0.1) is 0 Å². The highest BCUT2D eigenvalue weighted by atomic mass is 19.1. The number of rotatable bonds is 9. The van der Waals surface area contributed by atoms with E-state index in [1.807, 2.05) is 0 Å². The summed E-state index contributed by atoms with van der Waals surface area (Å²) in [5.74, 6) is -1.15. The number of aromatic amines is 1. The zero-order valence-corrected chi connectivity index (χ0v) is 19.7. The fourth-order valence-electron chi connectivity index (χ4n) is 4.22. The van der Waals surface area contributed by atoms with E-state index in [2.05, 4.69) is 20.2 Å². The molecule has 4 rings (SSSR count). The Kier molecular flexibility index (Phi) is 7.87. The number of halogens is 2. The number of ether oxygens (including phenoxy) is 1. The fourth-order valence-corrected chi connectivity index (χ4v) is 4.22. The largest absolute Gasteiger partial charge is 0.494 e. The number of nitrogens with zero attached hydrogens (tertiary/aromatic N) is 2. The van der Waals surface area contributed by atoms with E-state index in [1.54, 1.807) is 31.2 Å². The summed E-state index contributed by atoms with van der Waals surface area (Å²) in [5.41, 5.74) is 1.12. The van der Waals surface area contributed by atoms with Crippen LogP contribution in [0.1, 0.15) is 48.8 Å². The number of nitrogens with one attached hydrogen (secondary N) is 3. The second-order valence-electron chi connectivity index (χ2n) is 8.49. The van der Waals surface area contributed by atoms with E-state index in [-0.39, 0.29) is 35.0 Å². The molecule has 0 amide bonds. The lowest BCUT2D eigenvalue weighted by molar-refractivity contribution is 0.218. The summed E-state index contributed by atoms with van der Waals surface area (Å²) in [6, 6.07) is 10.7. The molecule has 1 aliphatic rings. The smallest absolute Gasteiger partial charge is 0.251 e. The predicted molar refractivity (Wildman–Crippen MR) is 131 cm³/mol. The monoisotopic (exact) mass is 481 g/mol. The van der Waals surface area contributed by atoms with Crippen LogP contribution in [0.15, 0.2) is 47.3 Å². The van der Waals surface area contributed by atoms with Gasteiger partial charge in [0, 0.05) is 48.1 Å². The number of likely N-dealkylation sites (tertiary alicyclic amines) is 1. The molecule has 2 aromatic carbocycles. The first kappa shape index (κ1) is 24.5. The molecule has 3 N–H and O–H groups in total. The molecule has 3 aromatic rings. The Morgan fingerprint density at radius 3 is 2.57 bits per heavy atom. The first-order valence-electron chi connectivity index (χ1n) is 11.8. The van der Waals surface area contributed by atoms with Crippen LogP contribution < -0.4 is 15.6 Å². The van der Waals surface area contributed by atoms with Gasteiger partial charge in [0.25, 0.3) is 5.56 Å². The predicted octanol–water partition coefficient (Wildman–Crippen LogP) is 4.46. The van der Waals surface area contributed by atoms with Crippen LogP contribution in [-0.4, -0.2) is 40.3 Å². The third-order valence-electron chi connectivity index (χ3n) is 5.94. The Hall–Kier alpha value is -3.59. The Morgan fingerprint density at radius 2 is 1.86 bits per heavy atom. The van der Waals surface area contributed by atoms with Crippen molar-refractivity contribution in [1.29, 1.82) is 5.41 Å². The fraction of sp³-hybridized carbons (Fsp3) is 0.346. The highest BCUT2D eigenvalue weighted by Gasteiger charge is 2.17. The Bertz CT molecular complexity index is 1230. The van der Waals surface area contributed by atoms with Gasteiger partial charge < -0.3 is 15.0 Å². The summed E-state index contributed by atoms with van der Waals surface area (Å²) in [7, 11) is 0. The second-order valence-corrected chi connectivity index (χ2v) is 8.49. The van der Waals surface area contributed by atoms with E-state index in [9.17, 15) is 13.6 Å². The standard InChI is InChI=1S/C26H29F2N5O2/c1-2-35-18-13-21(27)20(22(28)14-18)15-30-23-9-5-4-8-19(23)25(29)26-31-17(12-24(34)32-26)16-33-10-6-3-7-11-33/h4-5,8-9,12-14,29-30H,2-3,6-7,10-11,15-16H2,1H3,(H,31,32,34). The molecular weight excluding hydrogens is 452 g/mol. The number of aromatic nitrogens is 2. The molecule has 1 fully saturated rings. The van der Waals surface area contributed by atoms with Gasteiger partial charge >= 0.3 is 0 Å². The molecule has 35 heavy (non-hydrogen) atoms. The number of hydrogen-bond acceptors (Lipinski definition) is 6. The molecule has 0 unspecified atom stereocenters. The van der Waals surface area contributed by atoms with Crippen molar-refractivity contribution in [2.45, 2.75) is 39.3 Å². The molecule has 0 aliphatic carbocycles. The summed E-state index contributed by atoms with van der Waals surface area (Å²) < 4.78 is 34.2. The van der Waals surface area contributed by atoms with Crippen LogP contribution in [-0.2, 0) is 13.1 Å². The van der Waals surface area contributed by atoms with Crippen LogP contribution >= 0.6 is 0 Å². The zero-order valence-electron chi connectivity index (χ0n) is 19.7. The minimum atomic E-state index is -0.718. The summed E-state index contributed by atoms with van der Waals surface area (Å²) in [6.45, 7) is 4.40. The first-order valence-corrected chi connectivity index (χ1v) is 11.8. The van der Waals surface area contributed by atoms with Crippen molar-refractivity contribution in [2.75, 3.05) is 25.0 Å². The van der Waals surface area contributed by atoms with Crippen LogP contribution in [0, 0.1) is 17.0 Å². The summed E-state index contributed by atoms with van der Waals surface area (Å²) in [4.78, 5) is 21.8. The molecule has 0 radical (unpaired) electrons. The topological polar surface area (TPSA) is 94.1 Å². The van der Waals surface area contributed by atoms with E-state index < -0.39 is 11.6 Å². The Balaban J connectivity index is 1.54. The van der Waals surface area contributed by atoms with Crippen molar-refractivity contribution in [1.82, 2.24) is 14.9 Å². The molecule has 1 aromatic heterocycles. The van der Waals surface area contributed by atoms with Crippen molar-refractivity contribution in [2.24, 2.45) is 0 Å². The maximum atomic E-state index is 14.5. The third kappa shape index (κ3) is 6.10. The van der Waals surface area contributed by atoms with Gasteiger partial charge in [-0.05, 0) is 38.9 Å². The van der Waals surface area contributed by atoms with E-state index in [0.717, 1.165) is 38.1 Å². The highest BCUT2D eigenvalue weighted by molar-refractivity contribution is 6.11. The van der Waals surface area contributed by atoms with Crippen LogP contribution in [0.4, 0.5) is 14.5 Å². The molecule has 7 nitrogen and oxygen atoms in total. The third-order valence-corrected chi connectivity index (χ3v) is 5.94. The van der Waals surface area contributed by atoms with E-state index in [0.29, 0.717) is 30.1 Å². The van der Waals surface area contributed by atoms with Gasteiger partial charge in [0.15, 0.2) is 5.82 Å². The minimum Gasteiger partial charge on any atom is -0.494 e. The van der Waals surface area contributed by atoms with Gasteiger partial charge in [-0.2, -0.15) is 0 Å². The van der Waals surface area contributed by atoms with Gasteiger partial charge in [-0.1, -0.05) is 24.6 Å². The Morgan fingerprint density at radius 1 is 1.14 bits per heavy atom. The maximum Gasteiger partial charge on any atom is 0.251 e. The molecule has 9 heteroatoms. The number of piperidine rings is 1. The molecular formula is C26H29F2N5O2. The lowest BCUT2D eigenvalue weighted by atomic mass is 10.1. The lowest BCUT2D eigenvalue weighted by Crippen LogP contribution is -2.30. The molecule has 0 atom stereocenters. The van der Waals surface area contributed by atoms with Crippen LogP contribution in [0.25, 0.3) is 0 Å². The number of H-pyrrole nitrogens is 1. The lowest BCUT2D eigenvalue weighted by Gasteiger charge is -2.25. The molecule has 0 spiro atoms. The molecule has 2 heterocycles. The second kappa shape index (κ2) is 11.2. The zero-order chi connectivity index (χ0) is 24.8. The Labute approximate surface area is 202 Å². The molecule has 184 valence electrons. The number of hydrogen-bond donors (Lipinski definition) is 3. The van der Waals surface area contributed by atoms with Crippen LogP contribution in [0.5, 0.6) is 5.75 Å². The number of benzene rings is 2. The van der Waals surface area contributed by atoms with Crippen molar-refractivity contribution in [3.8, 4) is 5.75 Å². The van der Waals surface area contributed by atoms with Crippen LogP contribution in [0.2, 0.25) is 0 Å². The van der Waals surface area contributed by atoms with Gasteiger partial charge in [0.1, 0.15) is 23.1 Å². The van der Waals surface area contributed by atoms with Crippen molar-refractivity contribution < 1.29 is 13.5 Å². The summed E-state index contributed by atoms with van der Waals surface area (Å²) in [6.07, 6.45) is 3.46. The molecule has 1 aliphatic heterocycles. The average molecular weight is 482 g/mol. The maximum absolute atomic E-state index is 14.5. The van der Waals surface area contributed by atoms with Crippen molar-refractivity contribution in [3.63, 3.8) is 0 Å². The molecule has 1 saturated heterocycles. The molecule has 0 bridgehead atoms. The quantitative estimate of drug-likeness (QED) is 0.393. The minimum absolute atomic E-state index is 0.0123. The SMILES string of the molecule is CCOc1cc(F)c(CNc2ccccc2C(=N)c2nc(CN3CCCCC3)cc(=O)[nH]2)c(F)c1. The van der Waals surface area contributed by atoms with Crippen molar-refractivity contribution in [3.05, 3.63) is 87.1 Å². The first-order chi connectivity index (χ1) is 16.9. The number of anilines is 1. The van der Waals surface area contributed by atoms with E-state index in [1.165, 1.54) is 12.5 Å². The number of para-hydroxylation sites is 1. The van der Waals surface area contributed by atoms with Gasteiger partial charge in [-0.25, -0.2) is 13.8 Å². The van der Waals surface area contributed by atoms with Gasteiger partial charge in [-0.3, -0.25) is 15.1 Å². The summed E-state index contributed by atoms with van der Waals surface area (Å²) >= 11 is 0. The van der Waals surface area contributed by atoms with Crippen LogP contribution in [0.3, 0.4) is 0 Å². The van der Waals surface area contributed by atoms with Gasteiger partial charge in [0.05, 0.1) is 12.3 Å². The van der Waals surface area contributed by atoms with Gasteiger partial charge in [0.2, 0.25) is 0 Å². The molecule has 0 saturated carbocycles. The normalized spacial score (nSPS) is 14.0. The van der Waals surface area contributed by atoms with E-state index >= 15 is 0 Å². The highest BCUT2D eigenvalue weighted by Crippen LogP contribution is 2.24. The van der Waals surface area contributed by atoms with Crippen molar-refractivity contribution >= 4 is 11.4 Å². The van der Waals surface area contributed by atoms with E-state index in [4.69, 9.17) is 10.1 Å².